The van der Waals surface area contributed by atoms with Gasteiger partial charge in [-0.3, -0.25) is 24.9 Å². The average Bonchev–Trinajstić information content (AvgIpc) is 1.70. The minimum absolute atomic E-state index is 0.144. The van der Waals surface area contributed by atoms with Crippen molar-refractivity contribution in [1.29, 1.82) is 0 Å². The first-order valence-corrected chi connectivity index (χ1v) is 34.8. The number of alkyl halides is 9. The number of piperidine rings is 3. The van der Waals surface area contributed by atoms with E-state index in [-0.39, 0.29) is 131 Å². The van der Waals surface area contributed by atoms with Gasteiger partial charge in [0.1, 0.15) is 16.8 Å². The van der Waals surface area contributed by atoms with Gasteiger partial charge in [-0.25, -0.2) is 40.7 Å². The Balaban J connectivity index is 0.000000186. The molecule has 0 spiro atoms. The van der Waals surface area contributed by atoms with E-state index < -0.39 is 117 Å². The monoisotopic (exact) mass is 1560 g/mol. The Morgan fingerprint density at radius 2 is 0.761 bits per heavy atom. The van der Waals surface area contributed by atoms with Gasteiger partial charge in [-0.15, -0.1) is 0 Å². The van der Waals surface area contributed by atoms with Crippen LogP contribution in [0.3, 0.4) is 0 Å². The summed E-state index contributed by atoms with van der Waals surface area (Å²) in [7, 11) is 0. The number of amides is 5. The number of H-pyrrole nitrogens is 3. The summed E-state index contributed by atoms with van der Waals surface area (Å²) in [5.74, 6) is -12.8. The van der Waals surface area contributed by atoms with Crippen molar-refractivity contribution < 1.29 is 114 Å². The third-order valence-electron chi connectivity index (χ3n) is 18.5. The highest BCUT2D eigenvalue weighted by molar-refractivity contribution is 5.95. The maximum Gasteiger partial charge on any atom is 0.419 e. The Morgan fingerprint density at radius 3 is 1.13 bits per heavy atom. The molecule has 0 bridgehead atoms. The lowest BCUT2D eigenvalue weighted by Gasteiger charge is -2.34. The second-order valence-corrected chi connectivity index (χ2v) is 29.6. The maximum absolute atomic E-state index is 14.0. The van der Waals surface area contributed by atoms with Gasteiger partial charge in [-0.05, 0) is 185 Å². The number of hydrogen-bond acceptors (Lipinski definition) is 14. The molecular formula is C72H83F15N12O10. The number of aromatic nitrogens is 6. The number of fused-ring (bicyclic) bond motifs is 3. The Bertz CT molecular complexity index is 4260. The normalized spacial score (nSPS) is 16.8. The van der Waals surface area contributed by atoms with Crippen molar-refractivity contribution in [2.75, 3.05) is 58.9 Å². The van der Waals surface area contributed by atoms with Crippen LogP contribution in [0.4, 0.5) is 80.2 Å². The molecule has 109 heavy (non-hydrogen) atoms. The summed E-state index contributed by atoms with van der Waals surface area (Å²) in [4.78, 5) is 86.1. The van der Waals surface area contributed by atoms with E-state index in [1.54, 1.807) is 51.3 Å². The molecule has 12 rings (SSSR count). The fraction of sp³-hybridized carbons (Fsp3) is 0.542. The van der Waals surface area contributed by atoms with E-state index in [0.717, 1.165) is 54.2 Å². The van der Waals surface area contributed by atoms with E-state index >= 15 is 0 Å². The summed E-state index contributed by atoms with van der Waals surface area (Å²) in [6.45, 7) is 20.4. The molecule has 3 saturated heterocycles. The molecule has 0 atom stereocenters. The lowest BCUT2D eigenvalue weighted by atomic mass is 9.85. The molecular weight excluding hydrogens is 1480 g/mol. The molecule has 3 fully saturated rings. The molecule has 3 aromatic heterocycles. The van der Waals surface area contributed by atoms with Crippen molar-refractivity contribution >= 4 is 36.2 Å². The van der Waals surface area contributed by atoms with Crippen LogP contribution in [0.1, 0.15) is 207 Å². The van der Waals surface area contributed by atoms with E-state index in [4.69, 9.17) is 23.8 Å². The summed E-state index contributed by atoms with van der Waals surface area (Å²) in [5.41, 5.74) is -1.41. The summed E-state index contributed by atoms with van der Waals surface area (Å²) in [5, 5.41) is 24.0. The van der Waals surface area contributed by atoms with Crippen molar-refractivity contribution in [2.24, 2.45) is 0 Å². The second kappa shape index (κ2) is 34.5. The van der Waals surface area contributed by atoms with Crippen molar-refractivity contribution in [2.45, 2.75) is 193 Å². The number of hydrogen-bond donors (Lipinski definition) is 4. The molecule has 596 valence electrons. The van der Waals surface area contributed by atoms with Crippen LogP contribution in [0.2, 0.25) is 0 Å². The number of likely N-dealkylation sites (tertiary alicyclic amines) is 3. The third kappa shape index (κ3) is 21.6. The van der Waals surface area contributed by atoms with Gasteiger partial charge < -0.3 is 44.0 Å². The van der Waals surface area contributed by atoms with E-state index in [0.29, 0.717) is 68.1 Å². The van der Waals surface area contributed by atoms with Gasteiger partial charge in [0.15, 0.2) is 46.3 Å². The molecule has 0 aliphatic carbocycles. The number of halogens is 15. The van der Waals surface area contributed by atoms with E-state index in [9.17, 15) is 89.8 Å². The second-order valence-electron chi connectivity index (χ2n) is 29.6. The topological polar surface area (TPSA) is 261 Å². The van der Waals surface area contributed by atoms with E-state index in [2.05, 4.69) is 35.9 Å². The van der Waals surface area contributed by atoms with Gasteiger partial charge in [0.2, 0.25) is 0 Å². The quantitative estimate of drug-likeness (QED) is 0.0924. The van der Waals surface area contributed by atoms with Crippen molar-refractivity contribution in [1.82, 2.24) is 60.4 Å². The molecule has 22 nitrogen and oxygen atoms in total. The lowest BCUT2D eigenvalue weighted by molar-refractivity contribution is -0.191. The summed E-state index contributed by atoms with van der Waals surface area (Å²) in [6.07, 6.45) is -11.1. The first-order chi connectivity index (χ1) is 50.8. The van der Waals surface area contributed by atoms with Crippen molar-refractivity contribution in [3.8, 4) is 0 Å². The minimum Gasteiger partial charge on any atom is -0.444 e. The molecule has 0 saturated carbocycles. The van der Waals surface area contributed by atoms with Gasteiger partial charge >= 0.3 is 43.0 Å². The Kier molecular flexibility index (Phi) is 26.9. The molecule has 6 aliphatic heterocycles. The van der Waals surface area contributed by atoms with Crippen LogP contribution in [0.25, 0.3) is 0 Å². The zero-order valence-corrected chi connectivity index (χ0v) is 61.0. The molecule has 6 aliphatic rings. The van der Waals surface area contributed by atoms with E-state index in [1.807, 2.05) is 27.0 Å². The van der Waals surface area contributed by atoms with Gasteiger partial charge in [0.25, 0.3) is 11.8 Å². The number of carbonyl (C=O) groups is 5. The van der Waals surface area contributed by atoms with Gasteiger partial charge in [-0.1, -0.05) is 18.2 Å². The summed E-state index contributed by atoms with van der Waals surface area (Å²) in [6, 6.07) is 5.09. The number of benzene rings is 3. The Morgan fingerprint density at radius 1 is 0.431 bits per heavy atom. The Labute approximate surface area is 616 Å². The first kappa shape index (κ1) is 84.9. The number of nitrogens with zero attached hydrogens (tertiary/aromatic N) is 8. The zero-order chi connectivity index (χ0) is 80.6. The van der Waals surface area contributed by atoms with Crippen LogP contribution in [0.15, 0.2) is 42.6 Å². The highest BCUT2D eigenvalue weighted by Crippen LogP contribution is 2.45. The van der Waals surface area contributed by atoms with Crippen LogP contribution in [-0.2, 0) is 81.2 Å². The minimum atomic E-state index is -5.03. The Hall–Kier alpha value is -9.67. The molecule has 0 radical (unpaired) electrons. The van der Waals surface area contributed by atoms with Crippen LogP contribution < -0.4 is 5.32 Å². The summed E-state index contributed by atoms with van der Waals surface area (Å²) >= 11 is 0. The van der Waals surface area contributed by atoms with Gasteiger partial charge in [0, 0.05) is 70.0 Å². The van der Waals surface area contributed by atoms with Crippen molar-refractivity contribution in [3.05, 3.63) is 156 Å². The molecule has 4 N–H and O–H groups in total. The van der Waals surface area contributed by atoms with Gasteiger partial charge in [-0.2, -0.15) is 64.4 Å². The highest BCUT2D eigenvalue weighted by atomic mass is 19.4. The molecule has 5 amide bonds. The third-order valence-corrected chi connectivity index (χ3v) is 18.5. The number of rotatable bonds is 5. The van der Waals surface area contributed by atoms with Gasteiger partial charge in [0.05, 0.1) is 53.1 Å². The fourth-order valence-corrected chi connectivity index (χ4v) is 13.5. The number of carbonyl (C=O) groups excluding carboxylic acids is 7. The number of aromatic amines is 3. The molecule has 6 aromatic rings. The fourth-order valence-electron chi connectivity index (χ4n) is 13.5. The first-order valence-electron chi connectivity index (χ1n) is 34.8. The number of ether oxygens (including phenoxy) is 3. The standard InChI is InChI=1S/C24H27F5N4O3.C19H19F5N4O.C17H20F5NO2.C11H17N3O2.CO2/c1-23(2,3)36-22(35)33-11-8-15-17(12-33)30-31-20(15)21(34)32-9-6-13(7-10-32)14-4-5-16(25)19(26)18(14)24(27,28)29;20-13-2-1-11(15(16(13)21)19(22,23)24)10-4-7-28(8-5-10)18(29)17-12-3-6-25-9-14(12)26-27-17;1-16(2,3)25-15(24)23-8-6-10(7-9-23)11-4-5-12(18)14(19)13(11)17(20,21)22;1-11(2,3)16-10(15)14-5-4-8-6-12-13-9(8)7-14;2-1-3/h4-5,13H,6-12H2,1-3H3,(H,30,31);1-2,10,25H,3-9H2,(H,26,27);4-5,10H,6-9H2,1-3H3;6H,4-5,7H2,1-3H3,(H,12,13);. The molecule has 0 unspecified atom stereocenters. The summed E-state index contributed by atoms with van der Waals surface area (Å²) < 4.78 is 217. The molecule has 3 aromatic carbocycles. The lowest BCUT2D eigenvalue weighted by Crippen LogP contribution is -2.41. The van der Waals surface area contributed by atoms with Crippen LogP contribution in [-0.4, -0.2) is 167 Å². The molecule has 37 heteroatoms. The van der Waals surface area contributed by atoms with Crippen molar-refractivity contribution in [3.63, 3.8) is 0 Å². The average molecular weight is 1560 g/mol. The predicted molar refractivity (Wildman–Crippen MR) is 356 cm³/mol. The van der Waals surface area contributed by atoms with Crippen LogP contribution in [0.5, 0.6) is 0 Å². The SMILES string of the molecule is CC(C)(C)OC(=O)N1CCC(c2ccc(F)c(F)c2C(F)(F)F)CC1.CC(C)(C)OC(=O)N1CCc2c(C(=O)N3CCC(c4ccc(F)c(F)c4C(F)(F)F)CC3)n[nH]c2C1.CC(C)(C)OC(=O)N1CCc2cn[nH]c2C1.O=C(c1n[nH]c2c1CCNC2)N1CCC(c2ccc(F)c(F)c2C(F)(F)F)CC1.O=C=O. The maximum atomic E-state index is 14.0. The predicted octanol–water partition coefficient (Wildman–Crippen LogP) is 14.6. The van der Waals surface area contributed by atoms with Crippen LogP contribution >= 0.6 is 0 Å². The highest BCUT2D eigenvalue weighted by Gasteiger charge is 2.45. The smallest absolute Gasteiger partial charge is 0.419 e. The number of nitrogens with one attached hydrogen (secondary N) is 4. The zero-order valence-electron chi connectivity index (χ0n) is 61.0. The largest absolute Gasteiger partial charge is 0.444 e. The van der Waals surface area contributed by atoms with E-state index in [1.165, 1.54) is 20.3 Å². The molecule has 9 heterocycles. The van der Waals surface area contributed by atoms with Crippen LogP contribution in [0, 0.1) is 34.9 Å².